The van der Waals surface area contributed by atoms with Crippen LogP contribution >= 0.6 is 23.1 Å². The van der Waals surface area contributed by atoms with Gasteiger partial charge in [-0.1, -0.05) is 6.92 Å². The van der Waals surface area contributed by atoms with E-state index < -0.39 is 16.0 Å². The number of carbonyl (C=O) groups is 1. The zero-order valence-electron chi connectivity index (χ0n) is 14.3. The fourth-order valence-electron chi connectivity index (χ4n) is 2.75. The molecule has 1 aliphatic rings. The smallest absolute Gasteiger partial charge is 0.337 e. The number of thioether (sulfide) groups is 1. The normalized spacial score (nSPS) is 15.0. The molecule has 0 aliphatic carbocycles. The summed E-state index contributed by atoms with van der Waals surface area (Å²) in [5.74, 6) is 0.834. The van der Waals surface area contributed by atoms with Crippen LogP contribution < -0.4 is 9.62 Å². The maximum Gasteiger partial charge on any atom is 0.337 e. The Morgan fingerprint density at radius 1 is 1.23 bits per heavy atom. The molecule has 1 aliphatic heterocycles. The van der Waals surface area contributed by atoms with E-state index in [1.807, 2.05) is 23.6 Å². The number of aryl methyl sites for hydroxylation is 1. The van der Waals surface area contributed by atoms with Crippen molar-refractivity contribution in [3.63, 3.8) is 0 Å². The van der Waals surface area contributed by atoms with Gasteiger partial charge < -0.3 is 10.0 Å². The van der Waals surface area contributed by atoms with Gasteiger partial charge in [0.15, 0.2) is 0 Å². The van der Waals surface area contributed by atoms with Gasteiger partial charge in [0.05, 0.1) is 11.3 Å². The zero-order valence-corrected chi connectivity index (χ0v) is 16.7. The van der Waals surface area contributed by atoms with Crippen LogP contribution in [-0.2, 0) is 16.4 Å². The van der Waals surface area contributed by atoms with Crippen molar-refractivity contribution in [2.24, 2.45) is 0 Å². The molecule has 1 fully saturated rings. The van der Waals surface area contributed by atoms with E-state index in [2.05, 4.69) is 4.72 Å². The van der Waals surface area contributed by atoms with E-state index in [1.54, 1.807) is 24.3 Å². The lowest BCUT2D eigenvalue weighted by Crippen LogP contribution is -2.33. The molecule has 0 atom stereocenters. The molecular weight excluding hydrogens is 392 g/mol. The Bertz CT molecular complexity index is 902. The van der Waals surface area contributed by atoms with E-state index >= 15 is 0 Å². The highest BCUT2D eigenvalue weighted by atomic mass is 32.2. The predicted molar refractivity (Wildman–Crippen MR) is 107 cm³/mol. The van der Waals surface area contributed by atoms with Crippen LogP contribution in [0.5, 0.6) is 0 Å². The molecule has 0 bridgehead atoms. The highest BCUT2D eigenvalue weighted by Crippen LogP contribution is 2.29. The topological polar surface area (TPSA) is 86.7 Å². The lowest BCUT2D eigenvalue weighted by molar-refractivity contribution is 0.0697. The lowest BCUT2D eigenvalue weighted by atomic mass is 10.1. The van der Waals surface area contributed by atoms with Gasteiger partial charge in [-0.05, 0) is 36.8 Å². The van der Waals surface area contributed by atoms with Gasteiger partial charge in [-0.25, -0.2) is 13.2 Å². The first-order chi connectivity index (χ1) is 12.4. The summed E-state index contributed by atoms with van der Waals surface area (Å²) in [6, 6.07) is 8.06. The highest BCUT2D eigenvalue weighted by molar-refractivity contribution is 7.99. The van der Waals surface area contributed by atoms with Crippen molar-refractivity contribution in [1.29, 1.82) is 0 Å². The fourth-order valence-corrected chi connectivity index (χ4v) is 6.00. The molecule has 0 radical (unpaired) electrons. The molecule has 1 saturated heterocycles. The standard InChI is InChI=1S/C17H20N2O4S3/c1-2-13-4-6-16(25-13)26(22,23)18-12-3-5-15(14(11-12)17(20)21)19-7-9-24-10-8-19/h3-6,11,18H,2,7-10H2,1H3,(H,20,21). The van der Waals surface area contributed by atoms with Crippen molar-refractivity contribution in [3.8, 4) is 0 Å². The summed E-state index contributed by atoms with van der Waals surface area (Å²) in [5.41, 5.74) is 0.992. The summed E-state index contributed by atoms with van der Waals surface area (Å²) < 4.78 is 27.8. The van der Waals surface area contributed by atoms with Gasteiger partial charge in [-0.3, -0.25) is 4.72 Å². The Morgan fingerprint density at radius 3 is 2.58 bits per heavy atom. The third-order valence-electron chi connectivity index (χ3n) is 4.08. The van der Waals surface area contributed by atoms with Crippen LogP contribution in [0.2, 0.25) is 0 Å². The molecule has 3 rings (SSSR count). The molecule has 26 heavy (non-hydrogen) atoms. The number of rotatable bonds is 6. The summed E-state index contributed by atoms with van der Waals surface area (Å²) in [5, 5.41) is 9.56. The molecule has 1 aromatic heterocycles. The van der Waals surface area contributed by atoms with E-state index in [9.17, 15) is 18.3 Å². The molecule has 0 amide bonds. The Hall–Kier alpha value is -1.71. The maximum absolute atomic E-state index is 12.5. The van der Waals surface area contributed by atoms with Gasteiger partial charge in [0.1, 0.15) is 4.21 Å². The lowest BCUT2D eigenvalue weighted by Gasteiger charge is -2.29. The Kier molecular flexibility index (Phi) is 5.79. The molecule has 1 aromatic carbocycles. The maximum atomic E-state index is 12.5. The molecule has 0 unspecified atom stereocenters. The number of hydrogen-bond acceptors (Lipinski definition) is 6. The van der Waals surface area contributed by atoms with E-state index in [0.717, 1.165) is 35.9 Å². The van der Waals surface area contributed by atoms with E-state index in [0.29, 0.717) is 5.69 Å². The number of anilines is 2. The van der Waals surface area contributed by atoms with Crippen LogP contribution in [0.4, 0.5) is 11.4 Å². The van der Waals surface area contributed by atoms with Crippen molar-refractivity contribution in [2.45, 2.75) is 17.6 Å². The van der Waals surface area contributed by atoms with E-state index in [-0.39, 0.29) is 15.5 Å². The Morgan fingerprint density at radius 2 is 1.96 bits per heavy atom. The Labute approximate surface area is 161 Å². The molecule has 2 aromatic rings. The van der Waals surface area contributed by atoms with Crippen molar-refractivity contribution in [1.82, 2.24) is 0 Å². The van der Waals surface area contributed by atoms with Crippen molar-refractivity contribution < 1.29 is 18.3 Å². The summed E-state index contributed by atoms with van der Waals surface area (Å²) in [6.45, 7) is 3.53. The first kappa shape index (κ1) is 19.1. The molecule has 2 heterocycles. The molecule has 140 valence electrons. The second-order valence-electron chi connectivity index (χ2n) is 5.82. The number of sulfonamides is 1. The quantitative estimate of drug-likeness (QED) is 0.757. The first-order valence-corrected chi connectivity index (χ1v) is 11.7. The first-order valence-electron chi connectivity index (χ1n) is 8.22. The third kappa shape index (κ3) is 4.16. The molecular formula is C17H20N2O4S3. The van der Waals surface area contributed by atoms with Crippen LogP contribution in [0.25, 0.3) is 0 Å². The summed E-state index contributed by atoms with van der Waals surface area (Å²) in [7, 11) is -3.72. The highest BCUT2D eigenvalue weighted by Gasteiger charge is 2.21. The summed E-state index contributed by atoms with van der Waals surface area (Å²) >= 11 is 3.06. The number of nitrogens with one attached hydrogen (secondary N) is 1. The van der Waals surface area contributed by atoms with Crippen LogP contribution in [0.3, 0.4) is 0 Å². The van der Waals surface area contributed by atoms with E-state index in [4.69, 9.17) is 0 Å². The van der Waals surface area contributed by atoms with Gasteiger partial charge in [0.2, 0.25) is 0 Å². The Balaban J connectivity index is 1.88. The molecule has 0 spiro atoms. The molecule has 9 heteroatoms. The van der Waals surface area contributed by atoms with Crippen LogP contribution in [0.1, 0.15) is 22.2 Å². The van der Waals surface area contributed by atoms with Gasteiger partial charge in [-0.2, -0.15) is 11.8 Å². The summed E-state index contributed by atoms with van der Waals surface area (Å²) in [6.07, 6.45) is 0.770. The van der Waals surface area contributed by atoms with Gasteiger partial charge in [0.25, 0.3) is 10.0 Å². The number of carboxylic acid groups (broad SMARTS) is 1. The van der Waals surface area contributed by atoms with Crippen LogP contribution in [0.15, 0.2) is 34.5 Å². The number of aromatic carboxylic acids is 1. The number of hydrogen-bond donors (Lipinski definition) is 2. The number of benzene rings is 1. The van der Waals surface area contributed by atoms with Crippen molar-refractivity contribution >= 4 is 50.5 Å². The minimum atomic E-state index is -3.72. The van der Waals surface area contributed by atoms with Gasteiger partial charge >= 0.3 is 5.97 Å². The predicted octanol–water partition coefficient (Wildman–Crippen LogP) is 3.36. The van der Waals surface area contributed by atoms with Gasteiger partial charge in [0, 0.05) is 35.2 Å². The second-order valence-corrected chi connectivity index (χ2v) is 10.1. The third-order valence-corrected chi connectivity index (χ3v) is 8.13. The average molecular weight is 413 g/mol. The second kappa shape index (κ2) is 7.89. The molecule has 6 nitrogen and oxygen atoms in total. The number of thiophene rings is 1. The SMILES string of the molecule is CCc1ccc(S(=O)(=O)Nc2ccc(N3CCSCC3)c(C(=O)O)c2)s1. The van der Waals surface area contributed by atoms with Crippen molar-refractivity contribution in [2.75, 3.05) is 34.2 Å². The molecule has 2 N–H and O–H groups in total. The molecule has 0 saturated carbocycles. The fraction of sp³-hybridized carbons (Fsp3) is 0.353. The number of nitrogens with zero attached hydrogens (tertiary/aromatic N) is 1. The largest absolute Gasteiger partial charge is 0.478 e. The summed E-state index contributed by atoms with van der Waals surface area (Å²) in [4.78, 5) is 14.7. The minimum Gasteiger partial charge on any atom is -0.478 e. The average Bonchev–Trinajstić information content (AvgIpc) is 3.12. The van der Waals surface area contributed by atoms with Crippen molar-refractivity contribution in [3.05, 3.63) is 40.8 Å². The van der Waals surface area contributed by atoms with Crippen LogP contribution in [-0.4, -0.2) is 44.1 Å². The van der Waals surface area contributed by atoms with Crippen LogP contribution in [0, 0.1) is 0 Å². The van der Waals surface area contributed by atoms with Gasteiger partial charge in [-0.15, -0.1) is 11.3 Å². The minimum absolute atomic E-state index is 0.109. The van der Waals surface area contributed by atoms with E-state index in [1.165, 1.54) is 17.4 Å². The zero-order chi connectivity index (χ0) is 18.7. The number of carboxylic acids is 1. The monoisotopic (exact) mass is 412 g/mol.